The first-order valence-electron chi connectivity index (χ1n) is 9.08. The van der Waals surface area contributed by atoms with Crippen molar-refractivity contribution in [3.05, 3.63) is 81.6 Å². The smallest absolute Gasteiger partial charge is 0.251 e. The Morgan fingerprint density at radius 3 is 2.93 bits per heavy atom. The Labute approximate surface area is 166 Å². The zero-order valence-corrected chi connectivity index (χ0v) is 16.0. The van der Waals surface area contributed by atoms with Gasteiger partial charge in [-0.1, -0.05) is 24.3 Å². The summed E-state index contributed by atoms with van der Waals surface area (Å²) >= 11 is 1.51. The third-order valence-electron chi connectivity index (χ3n) is 4.54. The quantitative estimate of drug-likeness (QED) is 0.715. The van der Waals surface area contributed by atoms with Gasteiger partial charge in [-0.05, 0) is 24.3 Å². The van der Waals surface area contributed by atoms with Gasteiger partial charge in [-0.3, -0.25) is 9.69 Å². The van der Waals surface area contributed by atoms with Crippen molar-refractivity contribution in [2.75, 3.05) is 13.2 Å². The van der Waals surface area contributed by atoms with Gasteiger partial charge >= 0.3 is 0 Å². The van der Waals surface area contributed by atoms with Gasteiger partial charge in [-0.25, -0.2) is 9.37 Å². The summed E-state index contributed by atoms with van der Waals surface area (Å²) in [5, 5.41) is 5.72. The minimum Gasteiger partial charge on any atom is -0.492 e. The number of aromatic nitrogens is 1. The maximum atomic E-state index is 14.1. The van der Waals surface area contributed by atoms with Crippen LogP contribution in [0, 0.1) is 5.82 Å². The standard InChI is InChI=1S/C21H20FN3O2S/c22-18-7-4-8-19-17(18)13-25(9-10-27-19)12-16-14-28-20(24-16)11-23-21(26)15-5-2-1-3-6-15/h1-8,14H,9-13H2,(H,23,26). The van der Waals surface area contributed by atoms with Gasteiger partial charge in [-0.2, -0.15) is 0 Å². The van der Waals surface area contributed by atoms with Gasteiger partial charge in [-0.15, -0.1) is 11.3 Å². The highest BCUT2D eigenvalue weighted by atomic mass is 32.1. The molecule has 0 unspecified atom stereocenters. The third kappa shape index (κ3) is 4.37. The van der Waals surface area contributed by atoms with E-state index >= 15 is 0 Å². The lowest BCUT2D eigenvalue weighted by Gasteiger charge is -2.18. The summed E-state index contributed by atoms with van der Waals surface area (Å²) in [4.78, 5) is 18.9. The maximum absolute atomic E-state index is 14.1. The normalized spacial score (nSPS) is 14.0. The summed E-state index contributed by atoms with van der Waals surface area (Å²) in [6.45, 7) is 2.70. The van der Waals surface area contributed by atoms with Gasteiger partial charge in [0.15, 0.2) is 0 Å². The van der Waals surface area contributed by atoms with E-state index in [0.29, 0.717) is 49.7 Å². The molecule has 0 saturated heterocycles. The van der Waals surface area contributed by atoms with Crippen molar-refractivity contribution in [3.8, 4) is 5.75 Å². The lowest BCUT2D eigenvalue weighted by molar-refractivity contribution is 0.0951. The number of nitrogens with one attached hydrogen (secondary N) is 1. The predicted molar refractivity (Wildman–Crippen MR) is 106 cm³/mol. The average Bonchev–Trinajstić information content (AvgIpc) is 3.05. The predicted octanol–water partition coefficient (Wildman–Crippen LogP) is 3.61. The molecular weight excluding hydrogens is 377 g/mol. The fraction of sp³-hybridized carbons (Fsp3) is 0.238. The highest BCUT2D eigenvalue weighted by Gasteiger charge is 2.19. The van der Waals surface area contributed by atoms with E-state index in [-0.39, 0.29) is 11.7 Å². The van der Waals surface area contributed by atoms with E-state index in [1.807, 2.05) is 23.6 Å². The molecule has 0 spiro atoms. The second-order valence-electron chi connectivity index (χ2n) is 6.56. The summed E-state index contributed by atoms with van der Waals surface area (Å²) in [5.41, 5.74) is 2.13. The first-order valence-corrected chi connectivity index (χ1v) is 9.96. The van der Waals surface area contributed by atoms with Crippen LogP contribution in [0.25, 0.3) is 0 Å². The maximum Gasteiger partial charge on any atom is 0.251 e. The number of ether oxygens (including phenoxy) is 1. The molecule has 1 N–H and O–H groups in total. The number of amides is 1. The van der Waals surface area contributed by atoms with Crippen molar-refractivity contribution in [2.45, 2.75) is 19.6 Å². The van der Waals surface area contributed by atoms with Crippen molar-refractivity contribution < 1.29 is 13.9 Å². The van der Waals surface area contributed by atoms with Crippen molar-refractivity contribution in [1.82, 2.24) is 15.2 Å². The molecule has 5 nitrogen and oxygen atoms in total. The van der Waals surface area contributed by atoms with E-state index < -0.39 is 0 Å². The molecule has 28 heavy (non-hydrogen) atoms. The molecular formula is C21H20FN3O2S. The summed E-state index contributed by atoms with van der Waals surface area (Å²) < 4.78 is 19.8. The highest BCUT2D eigenvalue weighted by Crippen LogP contribution is 2.26. The molecule has 4 rings (SSSR count). The number of nitrogens with zero attached hydrogens (tertiary/aromatic N) is 2. The van der Waals surface area contributed by atoms with E-state index in [9.17, 15) is 9.18 Å². The van der Waals surface area contributed by atoms with Crippen LogP contribution in [0.4, 0.5) is 4.39 Å². The van der Waals surface area contributed by atoms with E-state index in [2.05, 4.69) is 15.2 Å². The lowest BCUT2D eigenvalue weighted by Crippen LogP contribution is -2.26. The molecule has 1 aliphatic rings. The van der Waals surface area contributed by atoms with Crippen molar-refractivity contribution in [2.24, 2.45) is 0 Å². The first kappa shape index (κ1) is 18.6. The summed E-state index contributed by atoms with van der Waals surface area (Å²) in [5.74, 6) is 0.256. The molecule has 3 aromatic rings. The SMILES string of the molecule is O=C(NCc1nc(CN2CCOc3cccc(F)c3C2)cs1)c1ccccc1. The molecule has 0 fully saturated rings. The van der Waals surface area contributed by atoms with Gasteiger partial charge in [0.2, 0.25) is 0 Å². The average molecular weight is 397 g/mol. The van der Waals surface area contributed by atoms with Crippen molar-refractivity contribution in [3.63, 3.8) is 0 Å². The Balaban J connectivity index is 1.36. The van der Waals surface area contributed by atoms with E-state index in [1.54, 1.807) is 24.3 Å². The fourth-order valence-electron chi connectivity index (χ4n) is 3.13. The number of carbonyl (C=O) groups excluding carboxylic acids is 1. The van der Waals surface area contributed by atoms with Crippen LogP contribution in [0.3, 0.4) is 0 Å². The summed E-state index contributed by atoms with van der Waals surface area (Å²) in [6.07, 6.45) is 0. The summed E-state index contributed by atoms with van der Waals surface area (Å²) in [6, 6.07) is 14.0. The molecule has 1 amide bonds. The third-order valence-corrected chi connectivity index (χ3v) is 5.44. The molecule has 144 valence electrons. The van der Waals surface area contributed by atoms with Gasteiger partial charge in [0.1, 0.15) is 23.2 Å². The van der Waals surface area contributed by atoms with E-state index in [4.69, 9.17) is 4.74 Å². The monoisotopic (exact) mass is 397 g/mol. The number of halogens is 1. The number of fused-ring (bicyclic) bond motifs is 1. The van der Waals surface area contributed by atoms with Crippen LogP contribution >= 0.6 is 11.3 Å². The first-order chi connectivity index (χ1) is 13.7. The Kier molecular flexibility index (Phi) is 5.64. The molecule has 0 aliphatic carbocycles. The van der Waals surface area contributed by atoms with Gasteiger partial charge in [0.25, 0.3) is 5.91 Å². The van der Waals surface area contributed by atoms with Crippen LogP contribution in [0.2, 0.25) is 0 Å². The van der Waals surface area contributed by atoms with Crippen molar-refractivity contribution in [1.29, 1.82) is 0 Å². The number of rotatable bonds is 5. The lowest BCUT2D eigenvalue weighted by atomic mass is 10.1. The van der Waals surface area contributed by atoms with Gasteiger partial charge in [0.05, 0.1) is 12.2 Å². The second-order valence-corrected chi connectivity index (χ2v) is 7.50. The Morgan fingerprint density at radius 2 is 2.07 bits per heavy atom. The molecule has 7 heteroatoms. The second kappa shape index (κ2) is 8.50. The van der Waals surface area contributed by atoms with Crippen LogP contribution in [0.1, 0.15) is 26.6 Å². The molecule has 2 aromatic carbocycles. The number of hydrogen-bond donors (Lipinski definition) is 1. The molecule has 0 bridgehead atoms. The zero-order chi connectivity index (χ0) is 19.3. The largest absolute Gasteiger partial charge is 0.492 e. The molecule has 2 heterocycles. The Bertz CT molecular complexity index is 961. The van der Waals surface area contributed by atoms with Crippen LogP contribution in [-0.4, -0.2) is 28.9 Å². The van der Waals surface area contributed by atoms with Gasteiger partial charge < -0.3 is 10.1 Å². The fourth-order valence-corrected chi connectivity index (χ4v) is 3.85. The van der Waals surface area contributed by atoms with Crippen LogP contribution in [0.5, 0.6) is 5.75 Å². The van der Waals surface area contributed by atoms with Crippen LogP contribution in [-0.2, 0) is 19.6 Å². The zero-order valence-electron chi connectivity index (χ0n) is 15.2. The Morgan fingerprint density at radius 1 is 1.21 bits per heavy atom. The molecule has 0 saturated carbocycles. The number of hydrogen-bond acceptors (Lipinski definition) is 5. The number of benzene rings is 2. The minimum atomic E-state index is -0.244. The molecule has 0 radical (unpaired) electrons. The topological polar surface area (TPSA) is 54.5 Å². The highest BCUT2D eigenvalue weighted by molar-refractivity contribution is 7.09. The van der Waals surface area contributed by atoms with Crippen molar-refractivity contribution >= 4 is 17.2 Å². The molecule has 1 aromatic heterocycles. The van der Waals surface area contributed by atoms with Crippen LogP contribution in [0.15, 0.2) is 53.9 Å². The van der Waals surface area contributed by atoms with E-state index in [1.165, 1.54) is 17.4 Å². The van der Waals surface area contributed by atoms with Crippen LogP contribution < -0.4 is 10.1 Å². The molecule has 1 aliphatic heterocycles. The van der Waals surface area contributed by atoms with Gasteiger partial charge in [0, 0.05) is 36.1 Å². The number of carbonyl (C=O) groups is 1. The minimum absolute atomic E-state index is 0.117. The Hall–Kier alpha value is -2.77. The van der Waals surface area contributed by atoms with E-state index in [0.717, 1.165) is 10.7 Å². The summed E-state index contributed by atoms with van der Waals surface area (Å²) in [7, 11) is 0. The number of thiazole rings is 1. The molecule has 0 atom stereocenters.